The van der Waals surface area contributed by atoms with Crippen molar-refractivity contribution in [1.29, 1.82) is 0 Å². The van der Waals surface area contributed by atoms with E-state index in [1.54, 1.807) is 18.2 Å². The van der Waals surface area contributed by atoms with Gasteiger partial charge in [-0.3, -0.25) is 9.03 Å². The molecule has 1 fully saturated rings. The van der Waals surface area contributed by atoms with E-state index in [0.29, 0.717) is 24.2 Å². The summed E-state index contributed by atoms with van der Waals surface area (Å²) in [5.41, 5.74) is 1.17. The Kier molecular flexibility index (Phi) is 5.19. The molecule has 140 valence electrons. The van der Waals surface area contributed by atoms with Gasteiger partial charge in [-0.1, -0.05) is 18.2 Å². The largest absolute Gasteiger partial charge is 0.283 e. The van der Waals surface area contributed by atoms with Crippen molar-refractivity contribution in [2.75, 3.05) is 21.3 Å². The second kappa shape index (κ2) is 7.24. The van der Waals surface area contributed by atoms with E-state index in [-0.39, 0.29) is 17.2 Å². The van der Waals surface area contributed by atoms with E-state index < -0.39 is 25.9 Å². The predicted molar refractivity (Wildman–Crippen MR) is 99.5 cm³/mol. The van der Waals surface area contributed by atoms with Gasteiger partial charge < -0.3 is 0 Å². The van der Waals surface area contributed by atoms with Gasteiger partial charge in [-0.05, 0) is 48.7 Å². The summed E-state index contributed by atoms with van der Waals surface area (Å²) < 4.78 is 65.8. The highest BCUT2D eigenvalue weighted by molar-refractivity contribution is 7.92. The first-order valence-corrected chi connectivity index (χ1v) is 11.4. The normalized spacial score (nSPS) is 17.0. The van der Waals surface area contributed by atoms with Crippen molar-refractivity contribution < 1.29 is 21.2 Å². The molecule has 1 aliphatic heterocycles. The molecule has 9 heteroatoms. The van der Waals surface area contributed by atoms with Crippen molar-refractivity contribution in [2.45, 2.75) is 18.6 Å². The Morgan fingerprint density at radius 3 is 2.50 bits per heavy atom. The summed E-state index contributed by atoms with van der Waals surface area (Å²) in [7, 11) is -7.09. The van der Waals surface area contributed by atoms with E-state index in [2.05, 4.69) is 4.72 Å². The van der Waals surface area contributed by atoms with E-state index in [9.17, 15) is 21.2 Å². The number of nitrogens with one attached hydrogen (secondary N) is 1. The average Bonchev–Trinajstić information content (AvgIpc) is 2.56. The second-order valence-corrected chi connectivity index (χ2v) is 9.87. The molecule has 0 bridgehead atoms. The standard InChI is InChI=1S/C17H19FN2O4S2/c18-15-8-6-14(7-9-15)13-25(21,22)19-16-4-3-5-17(12-16)20-10-1-2-11-26(20,23)24/h3-9,12,19H,1-2,10-11,13H2. The maximum absolute atomic E-state index is 12.9. The van der Waals surface area contributed by atoms with Crippen LogP contribution in [0.15, 0.2) is 48.5 Å². The molecule has 0 atom stereocenters. The summed E-state index contributed by atoms with van der Waals surface area (Å²) in [6.45, 7) is 0.383. The van der Waals surface area contributed by atoms with Crippen molar-refractivity contribution in [2.24, 2.45) is 0 Å². The molecule has 26 heavy (non-hydrogen) atoms. The van der Waals surface area contributed by atoms with Gasteiger partial charge in [0, 0.05) is 6.54 Å². The molecule has 0 unspecified atom stereocenters. The van der Waals surface area contributed by atoms with E-state index in [1.165, 1.54) is 34.6 Å². The van der Waals surface area contributed by atoms with E-state index >= 15 is 0 Å². The molecule has 3 rings (SSSR count). The summed E-state index contributed by atoms with van der Waals surface area (Å²) in [5.74, 6) is -0.651. The molecule has 1 aliphatic rings. The fourth-order valence-electron chi connectivity index (χ4n) is 2.82. The van der Waals surface area contributed by atoms with Gasteiger partial charge in [0.1, 0.15) is 5.82 Å². The first-order valence-electron chi connectivity index (χ1n) is 8.11. The number of hydrogen-bond donors (Lipinski definition) is 1. The van der Waals surface area contributed by atoms with Crippen molar-refractivity contribution >= 4 is 31.4 Å². The van der Waals surface area contributed by atoms with Crippen LogP contribution in [0.4, 0.5) is 15.8 Å². The minimum Gasteiger partial charge on any atom is -0.283 e. The van der Waals surface area contributed by atoms with Crippen molar-refractivity contribution in [3.05, 3.63) is 59.9 Å². The third-order valence-electron chi connectivity index (χ3n) is 4.03. The minimum absolute atomic E-state index is 0.0908. The molecule has 0 amide bonds. The van der Waals surface area contributed by atoms with Crippen LogP contribution < -0.4 is 9.03 Å². The van der Waals surface area contributed by atoms with Crippen molar-refractivity contribution in [3.8, 4) is 0 Å². The molecule has 6 nitrogen and oxygen atoms in total. The van der Waals surface area contributed by atoms with E-state index in [1.807, 2.05) is 0 Å². The van der Waals surface area contributed by atoms with Gasteiger partial charge in [-0.15, -0.1) is 0 Å². The average molecular weight is 398 g/mol. The zero-order chi connectivity index (χ0) is 18.8. The highest BCUT2D eigenvalue weighted by Gasteiger charge is 2.26. The van der Waals surface area contributed by atoms with Crippen LogP contribution in [0.1, 0.15) is 18.4 Å². The Hall–Kier alpha value is -2.13. The maximum Gasteiger partial charge on any atom is 0.236 e. The quantitative estimate of drug-likeness (QED) is 0.839. The maximum atomic E-state index is 12.9. The molecule has 0 radical (unpaired) electrons. The Balaban J connectivity index is 1.78. The number of benzene rings is 2. The van der Waals surface area contributed by atoms with Gasteiger partial charge in [-0.25, -0.2) is 21.2 Å². The van der Waals surface area contributed by atoms with Crippen LogP contribution in [0.5, 0.6) is 0 Å². The molecule has 1 heterocycles. The Labute approximate surface area is 152 Å². The number of sulfonamides is 2. The summed E-state index contributed by atoms with van der Waals surface area (Å²) in [5, 5.41) is 0. The van der Waals surface area contributed by atoms with Gasteiger partial charge in [-0.2, -0.15) is 0 Å². The first kappa shape index (κ1) is 18.7. The molecule has 1 saturated heterocycles. The lowest BCUT2D eigenvalue weighted by Gasteiger charge is -2.28. The van der Waals surface area contributed by atoms with Crippen LogP contribution in [0.2, 0.25) is 0 Å². The number of halogens is 1. The summed E-state index contributed by atoms with van der Waals surface area (Å²) in [6.07, 6.45) is 1.39. The zero-order valence-electron chi connectivity index (χ0n) is 13.9. The lowest BCUT2D eigenvalue weighted by Crippen LogP contribution is -2.37. The van der Waals surface area contributed by atoms with Gasteiger partial charge >= 0.3 is 0 Å². The highest BCUT2D eigenvalue weighted by Crippen LogP contribution is 2.26. The van der Waals surface area contributed by atoms with Crippen LogP contribution in [0.3, 0.4) is 0 Å². The minimum atomic E-state index is -3.72. The Morgan fingerprint density at radius 1 is 1.08 bits per heavy atom. The Bertz CT molecular complexity index is 990. The van der Waals surface area contributed by atoms with Crippen molar-refractivity contribution in [3.63, 3.8) is 0 Å². The smallest absolute Gasteiger partial charge is 0.236 e. The van der Waals surface area contributed by atoms with Gasteiger partial charge in [0.15, 0.2) is 0 Å². The lowest BCUT2D eigenvalue weighted by molar-refractivity contribution is 0.574. The first-order chi connectivity index (χ1) is 12.3. The van der Waals surface area contributed by atoms with Gasteiger partial charge in [0.25, 0.3) is 0 Å². The third-order valence-corrected chi connectivity index (χ3v) is 7.16. The van der Waals surface area contributed by atoms with Gasteiger partial charge in [0.2, 0.25) is 20.0 Å². The number of hydrogen-bond acceptors (Lipinski definition) is 4. The predicted octanol–water partition coefficient (Wildman–Crippen LogP) is 2.70. The van der Waals surface area contributed by atoms with Crippen molar-refractivity contribution in [1.82, 2.24) is 0 Å². The van der Waals surface area contributed by atoms with E-state index in [4.69, 9.17) is 0 Å². The summed E-state index contributed by atoms with van der Waals surface area (Å²) >= 11 is 0. The summed E-state index contributed by atoms with van der Waals surface area (Å²) in [6, 6.07) is 11.5. The molecule has 2 aromatic carbocycles. The van der Waals surface area contributed by atoms with Crippen LogP contribution in [-0.2, 0) is 25.8 Å². The van der Waals surface area contributed by atoms with Crippen LogP contribution in [0.25, 0.3) is 0 Å². The van der Waals surface area contributed by atoms with Crippen LogP contribution >= 0.6 is 0 Å². The molecular formula is C17H19FN2O4S2. The fraction of sp³-hybridized carbons (Fsp3) is 0.294. The van der Waals surface area contributed by atoms with Crippen LogP contribution in [-0.4, -0.2) is 29.1 Å². The molecule has 0 aromatic heterocycles. The topological polar surface area (TPSA) is 83.6 Å². The highest BCUT2D eigenvalue weighted by atomic mass is 32.2. The second-order valence-electron chi connectivity index (χ2n) is 6.13. The fourth-order valence-corrected chi connectivity index (χ4v) is 5.64. The van der Waals surface area contributed by atoms with Crippen LogP contribution in [0, 0.1) is 5.82 Å². The lowest BCUT2D eigenvalue weighted by atomic mass is 10.2. The SMILES string of the molecule is O=S(=O)(Cc1ccc(F)cc1)Nc1cccc(N2CCCCS2(=O)=O)c1. The zero-order valence-corrected chi connectivity index (χ0v) is 15.6. The molecule has 2 aromatic rings. The third kappa shape index (κ3) is 4.53. The molecule has 0 spiro atoms. The number of anilines is 2. The molecule has 0 aliphatic carbocycles. The van der Waals surface area contributed by atoms with Gasteiger partial charge in [0.05, 0.1) is 22.9 Å². The Morgan fingerprint density at radius 2 is 1.81 bits per heavy atom. The molecule has 0 saturated carbocycles. The number of nitrogens with zero attached hydrogens (tertiary/aromatic N) is 1. The van der Waals surface area contributed by atoms with E-state index in [0.717, 1.165) is 6.42 Å². The molecular weight excluding hydrogens is 379 g/mol. The monoisotopic (exact) mass is 398 g/mol. The summed E-state index contributed by atoms with van der Waals surface area (Å²) in [4.78, 5) is 0. The molecule has 1 N–H and O–H groups in total. The number of rotatable bonds is 5.